The summed E-state index contributed by atoms with van der Waals surface area (Å²) in [6.45, 7) is -0.175. The summed E-state index contributed by atoms with van der Waals surface area (Å²) in [6, 6.07) is 2.77. The molecule has 2 amide bonds. The van der Waals surface area contributed by atoms with Crippen molar-refractivity contribution in [1.82, 2.24) is 15.5 Å². The molecule has 90 valence electrons. The number of aliphatic hydroxyl groups is 1. The molecule has 0 saturated carbocycles. The third-order valence-electron chi connectivity index (χ3n) is 2.44. The summed E-state index contributed by atoms with van der Waals surface area (Å²) in [5.41, 5.74) is 0.457. The van der Waals surface area contributed by atoms with Crippen molar-refractivity contribution in [1.29, 1.82) is 0 Å². The Balaban J connectivity index is 2.00. The maximum Gasteiger partial charge on any atom is 0.249 e. The number of carbonyl (C=O) groups excluding carboxylic acids is 2. The number of nitrogens with one attached hydrogen (secondary N) is 2. The van der Waals surface area contributed by atoms with Gasteiger partial charge in [-0.15, -0.1) is 5.10 Å². The first-order chi connectivity index (χ1) is 8.19. The van der Waals surface area contributed by atoms with Gasteiger partial charge in [0.15, 0.2) is 0 Å². The standard InChI is InChI=1S/C10H12N4O3/c15-5-6-1-3-8(14-13-6)11-7-2-4-9(16)12-10(7)17/h1,3,7,15H,2,4-5H2,(H,11,14)(H,12,16,17). The van der Waals surface area contributed by atoms with Crippen molar-refractivity contribution < 1.29 is 14.7 Å². The van der Waals surface area contributed by atoms with Crippen molar-refractivity contribution >= 4 is 17.6 Å². The van der Waals surface area contributed by atoms with Crippen LogP contribution in [0, 0.1) is 0 Å². The maximum absolute atomic E-state index is 11.4. The van der Waals surface area contributed by atoms with Gasteiger partial charge in [-0.05, 0) is 18.6 Å². The largest absolute Gasteiger partial charge is 0.390 e. The molecule has 2 heterocycles. The molecule has 0 aliphatic carbocycles. The number of aromatic nitrogens is 2. The topological polar surface area (TPSA) is 104 Å². The van der Waals surface area contributed by atoms with Crippen molar-refractivity contribution in [3.8, 4) is 0 Å². The van der Waals surface area contributed by atoms with Crippen LogP contribution in [0.25, 0.3) is 0 Å². The van der Waals surface area contributed by atoms with Crippen LogP contribution in [-0.4, -0.2) is 33.2 Å². The number of piperidine rings is 1. The van der Waals surface area contributed by atoms with E-state index in [9.17, 15) is 9.59 Å². The quantitative estimate of drug-likeness (QED) is 0.593. The molecular formula is C10H12N4O3. The van der Waals surface area contributed by atoms with E-state index in [-0.39, 0.29) is 18.4 Å². The number of amides is 2. The Kier molecular flexibility index (Phi) is 3.29. The van der Waals surface area contributed by atoms with Gasteiger partial charge in [-0.1, -0.05) is 0 Å². The van der Waals surface area contributed by atoms with Gasteiger partial charge in [-0.2, -0.15) is 5.10 Å². The van der Waals surface area contributed by atoms with Gasteiger partial charge < -0.3 is 10.4 Å². The van der Waals surface area contributed by atoms with E-state index in [0.29, 0.717) is 24.4 Å². The molecule has 1 aliphatic heterocycles. The summed E-state index contributed by atoms with van der Waals surface area (Å²) in [5.74, 6) is -0.166. The van der Waals surface area contributed by atoms with Crippen LogP contribution in [0.3, 0.4) is 0 Å². The summed E-state index contributed by atoms with van der Waals surface area (Å²) in [5, 5.41) is 21.5. The molecule has 7 heteroatoms. The minimum Gasteiger partial charge on any atom is -0.390 e. The van der Waals surface area contributed by atoms with Crippen molar-refractivity contribution in [3.63, 3.8) is 0 Å². The number of imide groups is 1. The zero-order valence-corrected chi connectivity index (χ0v) is 9.01. The average molecular weight is 236 g/mol. The molecule has 1 unspecified atom stereocenters. The highest BCUT2D eigenvalue weighted by atomic mass is 16.3. The van der Waals surface area contributed by atoms with Crippen LogP contribution in [0.1, 0.15) is 18.5 Å². The van der Waals surface area contributed by atoms with Crippen LogP contribution in [0.15, 0.2) is 12.1 Å². The Morgan fingerprint density at radius 2 is 2.24 bits per heavy atom. The molecule has 2 rings (SSSR count). The lowest BCUT2D eigenvalue weighted by Gasteiger charge is -2.21. The van der Waals surface area contributed by atoms with Crippen LogP contribution in [0.2, 0.25) is 0 Å². The fourth-order valence-corrected chi connectivity index (χ4v) is 1.53. The van der Waals surface area contributed by atoms with Crippen LogP contribution in [-0.2, 0) is 16.2 Å². The van der Waals surface area contributed by atoms with Crippen LogP contribution in [0.5, 0.6) is 0 Å². The van der Waals surface area contributed by atoms with E-state index in [2.05, 4.69) is 20.8 Å². The molecule has 0 radical (unpaired) electrons. The third kappa shape index (κ3) is 2.76. The summed E-state index contributed by atoms with van der Waals surface area (Å²) >= 11 is 0. The van der Waals surface area contributed by atoms with E-state index in [0.717, 1.165) is 0 Å². The molecule has 1 fully saturated rings. The molecule has 0 aromatic carbocycles. The van der Waals surface area contributed by atoms with E-state index in [1.807, 2.05) is 0 Å². The second-order valence-corrected chi connectivity index (χ2v) is 3.72. The Labute approximate surface area is 97.2 Å². The summed E-state index contributed by atoms with van der Waals surface area (Å²) in [7, 11) is 0. The van der Waals surface area contributed by atoms with Gasteiger partial charge >= 0.3 is 0 Å². The van der Waals surface area contributed by atoms with Crippen molar-refractivity contribution in [3.05, 3.63) is 17.8 Å². The Morgan fingerprint density at radius 1 is 1.41 bits per heavy atom. The lowest BCUT2D eigenvalue weighted by Crippen LogP contribution is -2.47. The molecule has 3 N–H and O–H groups in total. The number of anilines is 1. The molecule has 0 bridgehead atoms. The van der Waals surface area contributed by atoms with Gasteiger partial charge in [0.2, 0.25) is 11.8 Å². The van der Waals surface area contributed by atoms with E-state index in [4.69, 9.17) is 5.11 Å². The maximum atomic E-state index is 11.4. The first-order valence-corrected chi connectivity index (χ1v) is 5.23. The highest BCUT2D eigenvalue weighted by Crippen LogP contribution is 2.11. The second kappa shape index (κ2) is 4.88. The molecule has 0 spiro atoms. The molecule has 7 nitrogen and oxygen atoms in total. The lowest BCUT2D eigenvalue weighted by atomic mass is 10.1. The van der Waals surface area contributed by atoms with Gasteiger partial charge in [0.25, 0.3) is 0 Å². The predicted octanol–water partition coefficient (Wildman–Crippen LogP) is -0.814. The monoisotopic (exact) mass is 236 g/mol. The first-order valence-electron chi connectivity index (χ1n) is 5.23. The van der Waals surface area contributed by atoms with Gasteiger partial charge in [0.1, 0.15) is 11.9 Å². The minimum atomic E-state index is -0.470. The molecular weight excluding hydrogens is 224 g/mol. The normalized spacial score (nSPS) is 19.9. The van der Waals surface area contributed by atoms with E-state index in [1.54, 1.807) is 12.1 Å². The van der Waals surface area contributed by atoms with Gasteiger partial charge in [0, 0.05) is 6.42 Å². The molecule has 1 atom stereocenters. The molecule has 1 aliphatic rings. The van der Waals surface area contributed by atoms with Crippen molar-refractivity contribution in [2.75, 3.05) is 5.32 Å². The highest BCUT2D eigenvalue weighted by Gasteiger charge is 2.26. The van der Waals surface area contributed by atoms with E-state index in [1.165, 1.54) is 0 Å². The van der Waals surface area contributed by atoms with E-state index >= 15 is 0 Å². The number of hydrogen-bond acceptors (Lipinski definition) is 6. The van der Waals surface area contributed by atoms with Crippen LogP contribution < -0.4 is 10.6 Å². The zero-order valence-electron chi connectivity index (χ0n) is 9.01. The first kappa shape index (κ1) is 11.5. The van der Waals surface area contributed by atoms with Crippen LogP contribution >= 0.6 is 0 Å². The second-order valence-electron chi connectivity index (χ2n) is 3.72. The highest BCUT2D eigenvalue weighted by molar-refractivity contribution is 6.01. The van der Waals surface area contributed by atoms with Gasteiger partial charge in [-0.3, -0.25) is 14.9 Å². The van der Waals surface area contributed by atoms with Crippen LogP contribution in [0.4, 0.5) is 5.82 Å². The Morgan fingerprint density at radius 3 is 2.82 bits per heavy atom. The number of hydrogen-bond donors (Lipinski definition) is 3. The van der Waals surface area contributed by atoms with Crippen molar-refractivity contribution in [2.45, 2.75) is 25.5 Å². The SMILES string of the molecule is O=C1CCC(Nc2ccc(CO)nn2)C(=O)N1. The predicted molar refractivity (Wildman–Crippen MR) is 57.7 cm³/mol. The minimum absolute atomic E-state index is 0.175. The Hall–Kier alpha value is -2.02. The molecule has 1 aromatic heterocycles. The average Bonchev–Trinajstić information content (AvgIpc) is 2.34. The van der Waals surface area contributed by atoms with Crippen molar-refractivity contribution in [2.24, 2.45) is 0 Å². The molecule has 1 saturated heterocycles. The summed E-state index contributed by atoms with van der Waals surface area (Å²) < 4.78 is 0. The third-order valence-corrected chi connectivity index (χ3v) is 2.44. The Bertz CT molecular complexity index is 432. The zero-order chi connectivity index (χ0) is 12.3. The smallest absolute Gasteiger partial charge is 0.249 e. The van der Waals surface area contributed by atoms with E-state index < -0.39 is 6.04 Å². The van der Waals surface area contributed by atoms with Gasteiger partial charge in [-0.25, -0.2) is 0 Å². The summed E-state index contributed by atoms with van der Waals surface area (Å²) in [4.78, 5) is 22.4. The number of nitrogens with zero attached hydrogens (tertiary/aromatic N) is 2. The van der Waals surface area contributed by atoms with Gasteiger partial charge in [0.05, 0.1) is 12.3 Å². The number of aliphatic hydroxyl groups excluding tert-OH is 1. The molecule has 1 aromatic rings. The fraction of sp³-hybridized carbons (Fsp3) is 0.400. The molecule has 17 heavy (non-hydrogen) atoms. The fourth-order valence-electron chi connectivity index (χ4n) is 1.53. The number of rotatable bonds is 3. The number of carbonyl (C=O) groups is 2. The summed E-state index contributed by atoms with van der Waals surface area (Å²) in [6.07, 6.45) is 0.750. The lowest BCUT2D eigenvalue weighted by molar-refractivity contribution is -0.133.